The van der Waals surface area contributed by atoms with Crippen LogP contribution in [0.2, 0.25) is 0 Å². The Bertz CT molecular complexity index is 567. The first-order chi connectivity index (χ1) is 12.8. The maximum absolute atomic E-state index is 12.2. The van der Waals surface area contributed by atoms with E-state index in [2.05, 4.69) is 6.92 Å². The number of allylic oxidation sites excluding steroid dienone is 2. The molecule has 7 atom stereocenters. The van der Waals surface area contributed by atoms with Gasteiger partial charge in [0.25, 0.3) is 0 Å². The van der Waals surface area contributed by atoms with E-state index in [4.69, 9.17) is 5.11 Å². The van der Waals surface area contributed by atoms with Gasteiger partial charge in [-0.2, -0.15) is 0 Å². The summed E-state index contributed by atoms with van der Waals surface area (Å²) in [6.45, 7) is 4.14. The first kappa shape index (κ1) is 21.8. The third-order valence-electron chi connectivity index (χ3n) is 6.09. The SMILES string of the molecule is CCCC[C@@H](C)[C@H](O)C=C[C@H]1[C@H](O)CC(=O)[C@@H]1CC=CC[C@@H]1C[C@H]1C(=O)O. The van der Waals surface area contributed by atoms with E-state index >= 15 is 0 Å². The number of aliphatic hydroxyl groups is 2. The molecular weight excluding hydrogens is 344 g/mol. The van der Waals surface area contributed by atoms with Crippen molar-refractivity contribution >= 4 is 11.8 Å². The molecular formula is C22H34O5. The average molecular weight is 379 g/mol. The second-order valence-corrected chi connectivity index (χ2v) is 8.30. The molecule has 0 saturated heterocycles. The molecule has 0 aromatic carbocycles. The number of carboxylic acids is 1. The lowest BCUT2D eigenvalue weighted by atomic mass is 9.89. The van der Waals surface area contributed by atoms with Crippen LogP contribution in [0.1, 0.15) is 58.8 Å². The van der Waals surface area contributed by atoms with Crippen molar-refractivity contribution in [2.24, 2.45) is 29.6 Å². The summed E-state index contributed by atoms with van der Waals surface area (Å²) < 4.78 is 0. The number of hydrogen-bond acceptors (Lipinski definition) is 4. The van der Waals surface area contributed by atoms with Crippen LogP contribution in [0.3, 0.4) is 0 Å². The van der Waals surface area contributed by atoms with Crippen molar-refractivity contribution in [3.63, 3.8) is 0 Å². The minimum atomic E-state index is -0.723. The molecule has 27 heavy (non-hydrogen) atoms. The van der Waals surface area contributed by atoms with Crippen LogP contribution >= 0.6 is 0 Å². The first-order valence-electron chi connectivity index (χ1n) is 10.3. The predicted molar refractivity (Wildman–Crippen MR) is 104 cm³/mol. The number of aliphatic carboxylic acids is 1. The molecule has 2 fully saturated rings. The lowest BCUT2D eigenvalue weighted by Gasteiger charge is -2.19. The highest BCUT2D eigenvalue weighted by Gasteiger charge is 2.42. The fraction of sp³-hybridized carbons (Fsp3) is 0.727. The number of aliphatic hydroxyl groups excluding tert-OH is 2. The van der Waals surface area contributed by atoms with E-state index in [1.54, 1.807) is 6.08 Å². The number of ketones is 1. The Balaban J connectivity index is 1.85. The molecule has 0 bridgehead atoms. The molecule has 2 aliphatic rings. The van der Waals surface area contributed by atoms with Crippen molar-refractivity contribution < 1.29 is 24.9 Å². The highest BCUT2D eigenvalue weighted by atomic mass is 16.4. The Morgan fingerprint density at radius 3 is 2.63 bits per heavy atom. The monoisotopic (exact) mass is 378 g/mol. The quantitative estimate of drug-likeness (QED) is 0.479. The number of rotatable bonds is 11. The Morgan fingerprint density at radius 2 is 2.00 bits per heavy atom. The van der Waals surface area contributed by atoms with Crippen LogP contribution in [0.5, 0.6) is 0 Å². The largest absolute Gasteiger partial charge is 0.481 e. The molecule has 0 unspecified atom stereocenters. The molecule has 3 N–H and O–H groups in total. The van der Waals surface area contributed by atoms with E-state index in [9.17, 15) is 19.8 Å². The van der Waals surface area contributed by atoms with Gasteiger partial charge >= 0.3 is 5.97 Å². The molecule has 0 aromatic heterocycles. The van der Waals surface area contributed by atoms with E-state index < -0.39 is 18.2 Å². The van der Waals surface area contributed by atoms with Crippen molar-refractivity contribution in [3.8, 4) is 0 Å². The van der Waals surface area contributed by atoms with Crippen LogP contribution in [0, 0.1) is 29.6 Å². The zero-order valence-corrected chi connectivity index (χ0v) is 16.5. The summed E-state index contributed by atoms with van der Waals surface area (Å²) in [5.41, 5.74) is 0. The summed E-state index contributed by atoms with van der Waals surface area (Å²) in [5.74, 6) is -1.02. The molecule has 0 spiro atoms. The minimum Gasteiger partial charge on any atom is -0.481 e. The zero-order chi connectivity index (χ0) is 20.0. The van der Waals surface area contributed by atoms with Gasteiger partial charge in [-0.25, -0.2) is 0 Å². The highest BCUT2D eigenvalue weighted by molar-refractivity contribution is 5.84. The van der Waals surface area contributed by atoms with E-state index in [-0.39, 0.29) is 41.8 Å². The molecule has 2 saturated carbocycles. The summed E-state index contributed by atoms with van der Waals surface area (Å²) in [5, 5.41) is 29.4. The molecule has 0 aromatic rings. The normalized spacial score (nSPS) is 33.0. The minimum absolute atomic E-state index is 0.0603. The second-order valence-electron chi connectivity index (χ2n) is 8.30. The van der Waals surface area contributed by atoms with Crippen LogP contribution in [-0.2, 0) is 9.59 Å². The topological polar surface area (TPSA) is 94.8 Å². The smallest absolute Gasteiger partial charge is 0.306 e. The van der Waals surface area contributed by atoms with Crippen LogP contribution in [-0.4, -0.2) is 39.3 Å². The number of Topliss-reactive ketones (excluding diaryl/α,β-unsaturated/α-hetero) is 1. The van der Waals surface area contributed by atoms with Crippen LogP contribution < -0.4 is 0 Å². The van der Waals surface area contributed by atoms with Crippen LogP contribution in [0.4, 0.5) is 0 Å². The second kappa shape index (κ2) is 10.2. The Kier molecular flexibility index (Phi) is 8.24. The maximum Gasteiger partial charge on any atom is 0.306 e. The number of unbranched alkanes of at least 4 members (excludes halogenated alkanes) is 1. The Labute approximate surface area is 162 Å². The van der Waals surface area contributed by atoms with E-state index in [1.807, 2.05) is 25.2 Å². The maximum atomic E-state index is 12.2. The lowest BCUT2D eigenvalue weighted by Crippen LogP contribution is -2.20. The van der Waals surface area contributed by atoms with Gasteiger partial charge in [0, 0.05) is 18.3 Å². The first-order valence-corrected chi connectivity index (χ1v) is 10.3. The molecule has 152 valence electrons. The third kappa shape index (κ3) is 6.28. The van der Waals surface area contributed by atoms with E-state index in [0.717, 1.165) is 32.1 Å². The van der Waals surface area contributed by atoms with Crippen LogP contribution in [0.15, 0.2) is 24.3 Å². The third-order valence-corrected chi connectivity index (χ3v) is 6.09. The molecule has 5 nitrogen and oxygen atoms in total. The van der Waals surface area contributed by atoms with Gasteiger partial charge in [0.1, 0.15) is 5.78 Å². The van der Waals surface area contributed by atoms with Crippen molar-refractivity contribution in [2.75, 3.05) is 0 Å². The molecule has 0 amide bonds. The van der Waals surface area contributed by atoms with Crippen molar-refractivity contribution in [3.05, 3.63) is 24.3 Å². The fourth-order valence-corrected chi connectivity index (χ4v) is 3.98. The summed E-state index contributed by atoms with van der Waals surface area (Å²) in [4.78, 5) is 23.1. The van der Waals surface area contributed by atoms with Gasteiger partial charge in [0.15, 0.2) is 0 Å². The van der Waals surface area contributed by atoms with Crippen molar-refractivity contribution in [2.45, 2.75) is 71.0 Å². The van der Waals surface area contributed by atoms with Gasteiger partial charge in [-0.3, -0.25) is 9.59 Å². The lowest BCUT2D eigenvalue weighted by molar-refractivity contribution is -0.138. The van der Waals surface area contributed by atoms with Gasteiger partial charge < -0.3 is 15.3 Å². The van der Waals surface area contributed by atoms with Crippen molar-refractivity contribution in [1.29, 1.82) is 0 Å². The van der Waals surface area contributed by atoms with Gasteiger partial charge in [0.2, 0.25) is 0 Å². The van der Waals surface area contributed by atoms with Crippen LogP contribution in [0.25, 0.3) is 0 Å². The van der Waals surface area contributed by atoms with Crippen molar-refractivity contribution in [1.82, 2.24) is 0 Å². The Morgan fingerprint density at radius 1 is 1.30 bits per heavy atom. The number of carboxylic acid groups (broad SMARTS) is 1. The zero-order valence-electron chi connectivity index (χ0n) is 16.5. The highest BCUT2D eigenvalue weighted by Crippen LogP contribution is 2.41. The summed E-state index contributed by atoms with van der Waals surface area (Å²) in [6, 6.07) is 0. The van der Waals surface area contributed by atoms with Gasteiger partial charge in [-0.1, -0.05) is 51.0 Å². The Hall–Kier alpha value is -1.46. The fourth-order valence-electron chi connectivity index (χ4n) is 3.98. The van der Waals surface area contributed by atoms with Gasteiger partial charge in [-0.15, -0.1) is 0 Å². The number of carbonyl (C=O) groups is 2. The standard InChI is InChI=1S/C22H34O5/c1-3-4-7-14(2)19(23)11-10-17-16(20(24)13-21(17)25)9-6-5-8-15-12-18(15)22(26)27/h5-6,10-11,14-19,21,23,25H,3-4,7-9,12-13H2,1-2H3,(H,26,27)/t14-,15-,16-,17-,18-,19-,21-/m1/s1. The molecule has 5 heteroatoms. The summed E-state index contributed by atoms with van der Waals surface area (Å²) in [6.07, 6.45) is 11.5. The van der Waals surface area contributed by atoms with Gasteiger partial charge in [0.05, 0.1) is 18.1 Å². The summed E-state index contributed by atoms with van der Waals surface area (Å²) in [7, 11) is 0. The molecule has 0 aliphatic heterocycles. The number of hydrogen-bond donors (Lipinski definition) is 3. The predicted octanol–water partition coefficient (Wildman–Crippen LogP) is 3.35. The summed E-state index contributed by atoms with van der Waals surface area (Å²) >= 11 is 0. The van der Waals surface area contributed by atoms with E-state index in [0.29, 0.717) is 6.42 Å². The number of carbonyl (C=O) groups excluding carboxylic acids is 1. The average Bonchev–Trinajstić information content (AvgIpc) is 3.35. The molecule has 0 heterocycles. The van der Waals surface area contributed by atoms with Gasteiger partial charge in [-0.05, 0) is 37.5 Å². The van der Waals surface area contributed by atoms with E-state index in [1.165, 1.54) is 0 Å². The molecule has 0 radical (unpaired) electrons. The molecule has 2 rings (SSSR count). The molecule has 2 aliphatic carbocycles.